The number of nitrogens with one attached hydrogen (secondary N) is 3. The first kappa shape index (κ1) is 18.5. The van der Waals surface area contributed by atoms with Crippen molar-refractivity contribution in [2.45, 2.75) is 18.9 Å². The minimum absolute atomic E-state index is 0. The van der Waals surface area contributed by atoms with Gasteiger partial charge in [-0.15, -0.1) is 12.4 Å². The summed E-state index contributed by atoms with van der Waals surface area (Å²) in [4.78, 5) is 25.7. The lowest BCUT2D eigenvalue weighted by molar-refractivity contribution is -0.117. The number of carbonyl (C=O) groups is 2. The molecule has 1 aromatic carbocycles. The second kappa shape index (κ2) is 8.86. The van der Waals surface area contributed by atoms with E-state index >= 15 is 0 Å². The number of rotatable bonds is 4. The van der Waals surface area contributed by atoms with Crippen LogP contribution in [0, 0.1) is 0 Å². The van der Waals surface area contributed by atoms with Gasteiger partial charge in [-0.05, 0) is 24.6 Å². The van der Waals surface area contributed by atoms with Crippen LogP contribution in [0.2, 0.25) is 0 Å². The number of morpholine rings is 1. The maximum Gasteiger partial charge on any atom is 0.321 e. The Hall–Kier alpha value is -1.83. The van der Waals surface area contributed by atoms with Crippen molar-refractivity contribution in [1.82, 2.24) is 10.6 Å². The van der Waals surface area contributed by atoms with E-state index in [1.54, 1.807) is 4.90 Å². The van der Waals surface area contributed by atoms with Crippen LogP contribution in [0.15, 0.2) is 24.3 Å². The first-order valence-electron chi connectivity index (χ1n) is 7.99. The van der Waals surface area contributed by atoms with Crippen molar-refractivity contribution in [3.8, 4) is 0 Å². The molecule has 2 saturated heterocycles. The summed E-state index contributed by atoms with van der Waals surface area (Å²) < 4.78 is 5.35. The van der Waals surface area contributed by atoms with E-state index < -0.39 is 0 Å². The first-order chi connectivity index (χ1) is 11.2. The molecule has 2 aliphatic heterocycles. The Balaban J connectivity index is 0.00000208. The number of amides is 3. The zero-order valence-corrected chi connectivity index (χ0v) is 14.2. The van der Waals surface area contributed by atoms with E-state index in [-0.39, 0.29) is 30.4 Å². The first-order valence-corrected chi connectivity index (χ1v) is 7.99. The Kier molecular flexibility index (Phi) is 6.84. The fraction of sp³-hybridized carbons (Fsp3) is 0.500. The number of halogens is 1. The van der Waals surface area contributed by atoms with Gasteiger partial charge >= 0.3 is 6.03 Å². The lowest BCUT2D eigenvalue weighted by atomic mass is 10.2. The van der Waals surface area contributed by atoms with E-state index in [0.29, 0.717) is 38.4 Å². The third-order valence-corrected chi connectivity index (χ3v) is 3.95. The molecule has 0 radical (unpaired) electrons. The van der Waals surface area contributed by atoms with Gasteiger partial charge in [0.05, 0.1) is 13.2 Å². The molecule has 24 heavy (non-hydrogen) atoms. The van der Waals surface area contributed by atoms with Crippen molar-refractivity contribution in [2.24, 2.45) is 0 Å². The molecule has 0 bridgehead atoms. The van der Waals surface area contributed by atoms with Crippen LogP contribution in [0.4, 0.5) is 16.2 Å². The molecule has 0 aliphatic carbocycles. The number of ether oxygens (including phenoxy) is 1. The molecule has 2 aliphatic rings. The molecule has 7 nitrogen and oxygen atoms in total. The number of hydrogen-bond acceptors (Lipinski definition) is 4. The zero-order chi connectivity index (χ0) is 16.1. The molecule has 8 heteroatoms. The van der Waals surface area contributed by atoms with Crippen LogP contribution in [0.1, 0.15) is 12.8 Å². The van der Waals surface area contributed by atoms with Gasteiger partial charge in [-0.25, -0.2) is 4.79 Å². The van der Waals surface area contributed by atoms with Gasteiger partial charge in [0.15, 0.2) is 0 Å². The monoisotopic (exact) mass is 354 g/mol. The fourth-order valence-electron chi connectivity index (χ4n) is 2.81. The second-order valence-corrected chi connectivity index (χ2v) is 5.77. The summed E-state index contributed by atoms with van der Waals surface area (Å²) in [6, 6.07) is 7.33. The molecule has 0 aromatic heterocycles. The highest BCUT2D eigenvalue weighted by Gasteiger charge is 2.20. The predicted molar refractivity (Wildman–Crippen MR) is 94.9 cm³/mol. The lowest BCUT2D eigenvalue weighted by Crippen LogP contribution is -2.46. The van der Waals surface area contributed by atoms with Gasteiger partial charge in [-0.3, -0.25) is 9.69 Å². The minimum Gasteiger partial charge on any atom is -0.378 e. The third kappa shape index (κ3) is 4.83. The normalized spacial score (nSPS) is 20.8. The lowest BCUT2D eigenvalue weighted by Gasteiger charge is -2.28. The van der Waals surface area contributed by atoms with Crippen molar-refractivity contribution in [2.75, 3.05) is 43.1 Å². The largest absolute Gasteiger partial charge is 0.378 e. The molecule has 3 N–H and O–H groups in total. The van der Waals surface area contributed by atoms with Gasteiger partial charge in [0.1, 0.15) is 0 Å². The number of carbonyl (C=O) groups excluding carboxylic acids is 2. The average Bonchev–Trinajstić information content (AvgIpc) is 2.56. The van der Waals surface area contributed by atoms with Crippen molar-refractivity contribution < 1.29 is 14.3 Å². The van der Waals surface area contributed by atoms with Crippen LogP contribution in [0.5, 0.6) is 0 Å². The smallest absolute Gasteiger partial charge is 0.321 e. The average molecular weight is 355 g/mol. The van der Waals surface area contributed by atoms with Gasteiger partial charge in [0.2, 0.25) is 5.91 Å². The molecular weight excluding hydrogens is 332 g/mol. The summed E-state index contributed by atoms with van der Waals surface area (Å²) >= 11 is 0. The van der Waals surface area contributed by atoms with E-state index in [9.17, 15) is 9.59 Å². The maximum atomic E-state index is 12.1. The standard InChI is InChI=1S/C16H22N4O3.ClH/c21-15(10-13-11-23-8-6-17-13)19-12-3-1-4-14(9-12)20-7-2-5-18-16(20)22;/h1,3-4,9,13,17H,2,5-8,10-11H2,(H,18,22)(H,19,21);1H. The van der Waals surface area contributed by atoms with Gasteiger partial charge in [0, 0.05) is 43.5 Å². The maximum absolute atomic E-state index is 12.1. The fourth-order valence-corrected chi connectivity index (χ4v) is 2.81. The van der Waals surface area contributed by atoms with Crippen LogP contribution in [0.3, 0.4) is 0 Å². The van der Waals surface area contributed by atoms with Crippen molar-refractivity contribution >= 4 is 35.7 Å². The summed E-state index contributed by atoms with van der Waals surface area (Å²) in [6.45, 7) is 3.42. The molecule has 132 valence electrons. The Morgan fingerprint density at radius 2 is 2.25 bits per heavy atom. The number of nitrogens with zero attached hydrogens (tertiary/aromatic N) is 1. The molecule has 3 amide bonds. The highest BCUT2D eigenvalue weighted by atomic mass is 35.5. The minimum atomic E-state index is -0.0942. The Morgan fingerprint density at radius 1 is 1.38 bits per heavy atom. The third-order valence-electron chi connectivity index (χ3n) is 3.95. The van der Waals surface area contributed by atoms with Gasteiger partial charge < -0.3 is 20.7 Å². The Labute approximate surface area is 147 Å². The van der Waals surface area contributed by atoms with Crippen molar-refractivity contribution in [1.29, 1.82) is 0 Å². The SMILES string of the molecule is Cl.O=C(CC1COCCN1)Nc1cccc(N2CCCNC2=O)c1. The molecule has 2 heterocycles. The Bertz CT molecular complexity index is 578. The zero-order valence-electron chi connectivity index (χ0n) is 13.4. The van der Waals surface area contributed by atoms with Crippen LogP contribution >= 0.6 is 12.4 Å². The van der Waals surface area contributed by atoms with E-state index in [1.165, 1.54) is 0 Å². The van der Waals surface area contributed by atoms with E-state index in [4.69, 9.17) is 4.74 Å². The molecule has 3 rings (SSSR count). The second-order valence-electron chi connectivity index (χ2n) is 5.77. The molecule has 2 fully saturated rings. The number of hydrogen-bond donors (Lipinski definition) is 3. The van der Waals surface area contributed by atoms with Crippen LogP contribution in [-0.4, -0.2) is 50.8 Å². The Morgan fingerprint density at radius 3 is 3.00 bits per heavy atom. The van der Waals surface area contributed by atoms with Crippen LogP contribution in [0.25, 0.3) is 0 Å². The number of urea groups is 1. The predicted octanol–water partition coefficient (Wildman–Crippen LogP) is 1.35. The molecule has 1 atom stereocenters. The molecule has 0 saturated carbocycles. The van der Waals surface area contributed by atoms with Crippen molar-refractivity contribution in [3.63, 3.8) is 0 Å². The summed E-state index contributed by atoms with van der Waals surface area (Å²) in [5.74, 6) is -0.0618. The summed E-state index contributed by atoms with van der Waals surface area (Å²) in [6.07, 6.45) is 1.28. The van der Waals surface area contributed by atoms with Crippen LogP contribution < -0.4 is 20.9 Å². The summed E-state index contributed by atoms with van der Waals surface area (Å²) in [5.41, 5.74) is 1.49. The van der Waals surface area contributed by atoms with E-state index in [2.05, 4.69) is 16.0 Å². The molecule has 1 aromatic rings. The van der Waals surface area contributed by atoms with Gasteiger partial charge in [0.25, 0.3) is 0 Å². The summed E-state index contributed by atoms with van der Waals surface area (Å²) in [7, 11) is 0. The quantitative estimate of drug-likeness (QED) is 0.762. The topological polar surface area (TPSA) is 82.7 Å². The van der Waals surface area contributed by atoms with Crippen LogP contribution in [-0.2, 0) is 9.53 Å². The highest BCUT2D eigenvalue weighted by molar-refractivity contribution is 5.95. The molecule has 1 unspecified atom stereocenters. The highest BCUT2D eigenvalue weighted by Crippen LogP contribution is 2.21. The van der Waals surface area contributed by atoms with Gasteiger partial charge in [-0.2, -0.15) is 0 Å². The number of benzene rings is 1. The molecular formula is C16H23ClN4O3. The number of anilines is 2. The molecule has 0 spiro atoms. The van der Waals surface area contributed by atoms with Crippen molar-refractivity contribution in [3.05, 3.63) is 24.3 Å². The van der Waals surface area contributed by atoms with Gasteiger partial charge in [-0.1, -0.05) is 6.07 Å². The summed E-state index contributed by atoms with van der Waals surface area (Å²) in [5, 5.41) is 8.97. The van der Waals surface area contributed by atoms with E-state index in [0.717, 1.165) is 18.7 Å². The van der Waals surface area contributed by atoms with E-state index in [1.807, 2.05) is 24.3 Å².